The summed E-state index contributed by atoms with van der Waals surface area (Å²) in [6, 6.07) is 0. The summed E-state index contributed by atoms with van der Waals surface area (Å²) in [6.45, 7) is 8.56. The molecule has 0 aliphatic carbocycles. The summed E-state index contributed by atoms with van der Waals surface area (Å²) in [7, 11) is 0. The molecular formula is C15H24IN5S2. The third kappa shape index (κ3) is 7.13. The van der Waals surface area contributed by atoms with Crippen LogP contribution in [-0.2, 0) is 19.4 Å². The fourth-order valence-corrected chi connectivity index (χ4v) is 3.39. The minimum Gasteiger partial charge on any atom is -0.357 e. The number of aliphatic imine (C=N–C) groups is 1. The number of aryl methyl sites for hydroxylation is 2. The van der Waals surface area contributed by atoms with Crippen LogP contribution in [0.25, 0.3) is 0 Å². The summed E-state index contributed by atoms with van der Waals surface area (Å²) in [5, 5.41) is 11.0. The Hall–Kier alpha value is -0.740. The summed E-state index contributed by atoms with van der Waals surface area (Å²) >= 11 is 3.43. The number of hydrogen-bond donors (Lipinski definition) is 2. The summed E-state index contributed by atoms with van der Waals surface area (Å²) in [4.78, 5) is 14.7. The van der Waals surface area contributed by atoms with Crippen LogP contribution in [-0.4, -0.2) is 29.0 Å². The molecule has 0 unspecified atom stereocenters. The predicted octanol–water partition coefficient (Wildman–Crippen LogP) is 3.39. The van der Waals surface area contributed by atoms with Gasteiger partial charge in [-0.3, -0.25) is 0 Å². The monoisotopic (exact) mass is 465 g/mol. The maximum atomic E-state index is 4.58. The molecule has 0 aliphatic rings. The molecule has 0 bridgehead atoms. The van der Waals surface area contributed by atoms with E-state index in [9.17, 15) is 0 Å². The molecule has 2 N–H and O–H groups in total. The van der Waals surface area contributed by atoms with E-state index in [0.29, 0.717) is 6.54 Å². The van der Waals surface area contributed by atoms with Crippen molar-refractivity contribution in [3.63, 3.8) is 0 Å². The van der Waals surface area contributed by atoms with Crippen molar-refractivity contribution >= 4 is 52.6 Å². The second-order valence-electron chi connectivity index (χ2n) is 4.82. The fraction of sp³-hybridized carbons (Fsp3) is 0.533. The third-order valence-corrected chi connectivity index (χ3v) is 4.90. The van der Waals surface area contributed by atoms with Gasteiger partial charge in [0, 0.05) is 36.0 Å². The largest absolute Gasteiger partial charge is 0.357 e. The van der Waals surface area contributed by atoms with Crippen molar-refractivity contribution in [1.82, 2.24) is 20.6 Å². The second-order valence-corrected chi connectivity index (χ2v) is 7.08. The summed E-state index contributed by atoms with van der Waals surface area (Å²) in [5.74, 6) is 0.835. The Morgan fingerprint density at radius 2 is 2.09 bits per heavy atom. The molecule has 0 aromatic carbocycles. The molecule has 23 heavy (non-hydrogen) atoms. The van der Waals surface area contributed by atoms with Gasteiger partial charge in [-0.25, -0.2) is 15.0 Å². The van der Waals surface area contributed by atoms with Crippen LogP contribution >= 0.6 is 46.7 Å². The average molecular weight is 465 g/mol. The van der Waals surface area contributed by atoms with Gasteiger partial charge in [-0.15, -0.1) is 46.7 Å². The van der Waals surface area contributed by atoms with Gasteiger partial charge in [-0.2, -0.15) is 0 Å². The van der Waals surface area contributed by atoms with Crippen LogP contribution in [0.4, 0.5) is 0 Å². The first-order valence-corrected chi connectivity index (χ1v) is 9.27. The van der Waals surface area contributed by atoms with E-state index in [0.717, 1.165) is 42.6 Å². The number of nitrogens with one attached hydrogen (secondary N) is 2. The molecule has 0 saturated heterocycles. The molecule has 2 rings (SSSR count). The Balaban J connectivity index is 0.00000264. The molecule has 0 saturated carbocycles. The zero-order valence-electron chi connectivity index (χ0n) is 13.8. The molecule has 0 amide bonds. The second kappa shape index (κ2) is 10.9. The number of halogens is 1. The highest BCUT2D eigenvalue weighted by molar-refractivity contribution is 14.0. The number of rotatable bonds is 7. The molecule has 2 aromatic heterocycles. The van der Waals surface area contributed by atoms with Crippen molar-refractivity contribution < 1.29 is 0 Å². The van der Waals surface area contributed by atoms with Gasteiger partial charge in [0.25, 0.3) is 0 Å². The molecule has 2 heterocycles. The minimum atomic E-state index is 0. The lowest BCUT2D eigenvalue weighted by atomic mass is 10.3. The van der Waals surface area contributed by atoms with Gasteiger partial charge < -0.3 is 10.6 Å². The lowest BCUT2D eigenvalue weighted by Crippen LogP contribution is -2.38. The number of hydrogen-bond acceptors (Lipinski definition) is 5. The Bertz CT molecular complexity index is 609. The summed E-state index contributed by atoms with van der Waals surface area (Å²) in [5.41, 5.74) is 1.15. The van der Waals surface area contributed by atoms with Crippen LogP contribution in [0.1, 0.15) is 34.4 Å². The molecule has 2 aromatic rings. The first kappa shape index (κ1) is 20.3. The van der Waals surface area contributed by atoms with Crippen LogP contribution in [0.5, 0.6) is 0 Å². The highest BCUT2D eigenvalue weighted by atomic mass is 127. The van der Waals surface area contributed by atoms with E-state index >= 15 is 0 Å². The van der Waals surface area contributed by atoms with Crippen LogP contribution in [0.15, 0.2) is 16.6 Å². The standard InChI is InChI=1S/C15H23N5S2.HI/c1-4-13-20-12(10-21-13)6-7-17-15(16-5-2)19-9-14-18-8-11(3)22-14;/h8,10H,4-7,9H2,1-3H3,(H2,16,17,19);1H. The lowest BCUT2D eigenvalue weighted by Gasteiger charge is -2.10. The predicted molar refractivity (Wildman–Crippen MR) is 110 cm³/mol. The minimum absolute atomic E-state index is 0. The van der Waals surface area contributed by atoms with E-state index in [-0.39, 0.29) is 24.0 Å². The Morgan fingerprint density at radius 3 is 2.70 bits per heavy atom. The molecular weight excluding hydrogens is 441 g/mol. The van der Waals surface area contributed by atoms with E-state index in [1.165, 1.54) is 9.88 Å². The average Bonchev–Trinajstić information content (AvgIpc) is 3.13. The zero-order chi connectivity index (χ0) is 15.8. The fourth-order valence-electron chi connectivity index (χ4n) is 1.90. The first-order valence-electron chi connectivity index (χ1n) is 7.58. The summed E-state index contributed by atoms with van der Waals surface area (Å²) < 4.78 is 0. The van der Waals surface area contributed by atoms with Gasteiger partial charge >= 0.3 is 0 Å². The van der Waals surface area contributed by atoms with Gasteiger partial charge in [0.1, 0.15) is 5.01 Å². The molecule has 0 radical (unpaired) electrons. The topological polar surface area (TPSA) is 62.2 Å². The first-order chi connectivity index (χ1) is 10.7. The van der Waals surface area contributed by atoms with Crippen molar-refractivity contribution in [3.8, 4) is 0 Å². The van der Waals surface area contributed by atoms with E-state index in [1.807, 2.05) is 6.20 Å². The van der Waals surface area contributed by atoms with Crippen molar-refractivity contribution in [2.45, 2.75) is 40.2 Å². The highest BCUT2D eigenvalue weighted by Crippen LogP contribution is 2.12. The summed E-state index contributed by atoms with van der Waals surface area (Å²) in [6.07, 6.45) is 3.82. The van der Waals surface area contributed by atoms with Gasteiger partial charge in [0.05, 0.1) is 17.2 Å². The quantitative estimate of drug-likeness (QED) is 0.374. The van der Waals surface area contributed by atoms with Crippen LogP contribution in [0.2, 0.25) is 0 Å². The lowest BCUT2D eigenvalue weighted by molar-refractivity contribution is 0.788. The van der Waals surface area contributed by atoms with E-state index < -0.39 is 0 Å². The van der Waals surface area contributed by atoms with Crippen LogP contribution < -0.4 is 10.6 Å². The van der Waals surface area contributed by atoms with E-state index in [1.54, 1.807) is 22.7 Å². The van der Waals surface area contributed by atoms with Crippen molar-refractivity contribution in [2.75, 3.05) is 13.1 Å². The van der Waals surface area contributed by atoms with Gasteiger partial charge in [0.2, 0.25) is 0 Å². The number of nitrogens with zero attached hydrogens (tertiary/aromatic N) is 3. The van der Waals surface area contributed by atoms with Crippen molar-refractivity contribution in [3.05, 3.63) is 32.2 Å². The Kier molecular flexibility index (Phi) is 9.65. The maximum absolute atomic E-state index is 4.58. The smallest absolute Gasteiger partial charge is 0.191 e. The van der Waals surface area contributed by atoms with Crippen LogP contribution in [0.3, 0.4) is 0 Å². The molecule has 0 fully saturated rings. The van der Waals surface area contributed by atoms with Gasteiger partial charge in [0.15, 0.2) is 5.96 Å². The highest BCUT2D eigenvalue weighted by Gasteiger charge is 2.03. The number of guanidine groups is 1. The van der Waals surface area contributed by atoms with Gasteiger partial charge in [-0.05, 0) is 20.3 Å². The Morgan fingerprint density at radius 1 is 1.26 bits per heavy atom. The third-order valence-electron chi connectivity index (χ3n) is 2.96. The molecule has 0 spiro atoms. The zero-order valence-corrected chi connectivity index (χ0v) is 17.7. The number of thiazole rings is 2. The molecule has 128 valence electrons. The molecule has 5 nitrogen and oxygen atoms in total. The molecule has 0 aliphatic heterocycles. The van der Waals surface area contributed by atoms with Crippen LogP contribution in [0, 0.1) is 6.92 Å². The van der Waals surface area contributed by atoms with Crippen molar-refractivity contribution in [1.29, 1.82) is 0 Å². The van der Waals surface area contributed by atoms with Gasteiger partial charge in [-0.1, -0.05) is 6.92 Å². The molecule has 0 atom stereocenters. The normalized spacial score (nSPS) is 11.2. The van der Waals surface area contributed by atoms with E-state index in [4.69, 9.17) is 0 Å². The number of aromatic nitrogens is 2. The SMILES string of the molecule is CCNC(=NCc1ncc(C)s1)NCCc1csc(CC)n1.I. The van der Waals surface area contributed by atoms with Crippen molar-refractivity contribution in [2.24, 2.45) is 4.99 Å². The maximum Gasteiger partial charge on any atom is 0.191 e. The Labute approximate surface area is 163 Å². The molecule has 8 heteroatoms. The van der Waals surface area contributed by atoms with E-state index in [2.05, 4.69) is 51.7 Å².